The number of nitrogens with two attached hydrogens (primary N) is 1. The summed E-state index contributed by atoms with van der Waals surface area (Å²) in [4.78, 5) is 25.0. The van der Waals surface area contributed by atoms with Crippen LogP contribution in [0.25, 0.3) is 10.9 Å². The first-order valence-corrected chi connectivity index (χ1v) is 7.56. The van der Waals surface area contributed by atoms with Crippen LogP contribution < -0.4 is 16.0 Å². The van der Waals surface area contributed by atoms with E-state index in [2.05, 4.69) is 15.0 Å². The fourth-order valence-corrected chi connectivity index (χ4v) is 2.24. The summed E-state index contributed by atoms with van der Waals surface area (Å²) in [5, 5.41) is 0.457. The summed E-state index contributed by atoms with van der Waals surface area (Å²) in [7, 11) is 0. The van der Waals surface area contributed by atoms with Crippen LogP contribution in [-0.4, -0.2) is 32.7 Å². The highest BCUT2D eigenvalue weighted by Gasteiger charge is 2.07. The van der Waals surface area contributed by atoms with Gasteiger partial charge in [-0.05, 0) is 12.1 Å². The van der Waals surface area contributed by atoms with Gasteiger partial charge in [0.1, 0.15) is 12.4 Å². The van der Waals surface area contributed by atoms with Gasteiger partial charge in [0.15, 0.2) is 0 Å². The van der Waals surface area contributed by atoms with Crippen LogP contribution in [0.15, 0.2) is 59.8 Å². The van der Waals surface area contributed by atoms with Gasteiger partial charge >= 0.3 is 0 Å². The molecule has 0 aliphatic heterocycles. The molecule has 0 unspecified atom stereocenters. The number of rotatable bonds is 6. The molecule has 0 atom stereocenters. The maximum Gasteiger partial charge on any atom is 0.261 e. The summed E-state index contributed by atoms with van der Waals surface area (Å²) < 4.78 is 19.4. The number of nitrogens with zero attached hydrogens (tertiary/aromatic N) is 4. The monoisotopic (exact) mass is 341 g/mol. The third kappa shape index (κ3) is 3.86. The third-order valence-corrected chi connectivity index (χ3v) is 3.59. The van der Waals surface area contributed by atoms with Gasteiger partial charge in [0, 0.05) is 30.6 Å². The molecule has 3 aromatic rings. The second-order valence-electron chi connectivity index (χ2n) is 5.31. The van der Waals surface area contributed by atoms with Crippen molar-refractivity contribution in [3.63, 3.8) is 0 Å². The molecule has 3 rings (SSSR count). The largest absolute Gasteiger partial charge is 0.489 e. The Morgan fingerprint density at radius 2 is 2.20 bits per heavy atom. The summed E-state index contributed by atoms with van der Waals surface area (Å²) >= 11 is 0. The van der Waals surface area contributed by atoms with Gasteiger partial charge in [0.25, 0.3) is 5.56 Å². The van der Waals surface area contributed by atoms with Crippen LogP contribution in [0.1, 0.15) is 5.69 Å². The number of benzene rings is 1. The Kier molecular flexibility index (Phi) is 5.10. The number of ether oxygens (including phenoxy) is 1. The van der Waals surface area contributed by atoms with E-state index in [1.807, 2.05) is 0 Å². The van der Waals surface area contributed by atoms with Gasteiger partial charge in [-0.15, -0.1) is 0 Å². The maximum atomic E-state index is 12.6. The molecule has 0 bridgehead atoms. The summed E-state index contributed by atoms with van der Waals surface area (Å²) in [6, 6.07) is 4.91. The first kappa shape index (κ1) is 16.7. The van der Waals surface area contributed by atoms with Gasteiger partial charge in [-0.25, -0.2) is 9.37 Å². The molecule has 2 heterocycles. The molecule has 2 N–H and O–H groups in total. The van der Waals surface area contributed by atoms with Crippen LogP contribution in [0.5, 0.6) is 5.75 Å². The van der Waals surface area contributed by atoms with E-state index < -0.39 is 0 Å². The predicted octanol–water partition coefficient (Wildman–Crippen LogP) is 1.43. The van der Waals surface area contributed by atoms with E-state index >= 15 is 0 Å². The summed E-state index contributed by atoms with van der Waals surface area (Å²) in [5.74, 6) is 0.485. The van der Waals surface area contributed by atoms with Crippen LogP contribution in [-0.2, 0) is 6.54 Å². The standard InChI is InChI=1S/C17H16FN5O2/c18-6-12(7-19)10-25-14-1-2-15-16(5-14)22-11-23(17(15)24)9-13-8-20-3-4-21-13/h1-6,8,11H,7,9-10,19H2/b12-6+. The molecule has 0 spiro atoms. The molecule has 1 aromatic carbocycles. The second kappa shape index (κ2) is 7.63. The van der Waals surface area contributed by atoms with E-state index in [4.69, 9.17) is 10.5 Å². The van der Waals surface area contributed by atoms with E-state index in [1.54, 1.807) is 36.8 Å². The molecular weight excluding hydrogens is 325 g/mol. The topological polar surface area (TPSA) is 95.9 Å². The average molecular weight is 341 g/mol. The highest BCUT2D eigenvalue weighted by molar-refractivity contribution is 5.78. The third-order valence-electron chi connectivity index (χ3n) is 3.59. The zero-order valence-electron chi connectivity index (χ0n) is 13.3. The number of hydrogen-bond donors (Lipinski definition) is 1. The van der Waals surface area contributed by atoms with Crippen LogP contribution in [0.3, 0.4) is 0 Å². The summed E-state index contributed by atoms with van der Waals surface area (Å²) in [5.41, 5.74) is 6.70. The molecule has 25 heavy (non-hydrogen) atoms. The fraction of sp³-hybridized carbons (Fsp3) is 0.176. The van der Waals surface area contributed by atoms with E-state index in [0.29, 0.717) is 34.2 Å². The van der Waals surface area contributed by atoms with E-state index in [-0.39, 0.29) is 25.3 Å². The highest BCUT2D eigenvalue weighted by atomic mass is 19.1. The van der Waals surface area contributed by atoms with E-state index in [0.717, 1.165) is 0 Å². The number of aromatic nitrogens is 4. The number of halogens is 1. The van der Waals surface area contributed by atoms with E-state index in [1.165, 1.54) is 10.9 Å². The zero-order valence-corrected chi connectivity index (χ0v) is 13.3. The first-order valence-electron chi connectivity index (χ1n) is 7.56. The lowest BCUT2D eigenvalue weighted by Gasteiger charge is -2.09. The lowest BCUT2D eigenvalue weighted by molar-refractivity contribution is 0.348. The molecule has 0 radical (unpaired) electrons. The van der Waals surface area contributed by atoms with Gasteiger partial charge in [0.2, 0.25) is 0 Å². The molecule has 0 saturated heterocycles. The molecule has 7 nitrogen and oxygen atoms in total. The minimum atomic E-state index is -0.187. The quantitative estimate of drug-likeness (QED) is 0.728. The Hall–Kier alpha value is -3.13. The van der Waals surface area contributed by atoms with Crippen LogP contribution >= 0.6 is 0 Å². The minimum absolute atomic E-state index is 0.0439. The van der Waals surface area contributed by atoms with Crippen molar-refractivity contribution in [2.24, 2.45) is 5.73 Å². The normalized spacial score (nSPS) is 11.7. The average Bonchev–Trinajstić information content (AvgIpc) is 2.66. The fourth-order valence-electron chi connectivity index (χ4n) is 2.24. The van der Waals surface area contributed by atoms with Crippen molar-refractivity contribution in [2.45, 2.75) is 6.54 Å². The van der Waals surface area contributed by atoms with Crippen molar-refractivity contribution in [1.29, 1.82) is 0 Å². The van der Waals surface area contributed by atoms with Crippen LogP contribution in [0.2, 0.25) is 0 Å². The summed E-state index contributed by atoms with van der Waals surface area (Å²) in [6.07, 6.45) is 6.63. The maximum absolute atomic E-state index is 12.6. The van der Waals surface area contributed by atoms with Crippen molar-refractivity contribution in [1.82, 2.24) is 19.5 Å². The smallest absolute Gasteiger partial charge is 0.261 e. The van der Waals surface area contributed by atoms with Crippen molar-refractivity contribution in [3.05, 3.63) is 71.1 Å². The van der Waals surface area contributed by atoms with Crippen molar-refractivity contribution >= 4 is 10.9 Å². The molecule has 128 valence electrons. The Bertz CT molecular complexity index is 956. The highest BCUT2D eigenvalue weighted by Crippen LogP contribution is 2.17. The minimum Gasteiger partial charge on any atom is -0.489 e. The van der Waals surface area contributed by atoms with Crippen LogP contribution in [0, 0.1) is 0 Å². The molecule has 2 aromatic heterocycles. The molecule has 0 saturated carbocycles. The Labute approximate surface area is 142 Å². The Balaban J connectivity index is 1.85. The Morgan fingerprint density at radius 1 is 1.32 bits per heavy atom. The van der Waals surface area contributed by atoms with E-state index in [9.17, 15) is 9.18 Å². The molecule has 0 fully saturated rings. The van der Waals surface area contributed by atoms with Gasteiger partial charge in [0.05, 0.1) is 42.0 Å². The number of fused-ring (bicyclic) bond motifs is 1. The predicted molar refractivity (Wildman–Crippen MR) is 90.9 cm³/mol. The van der Waals surface area contributed by atoms with Crippen molar-refractivity contribution in [3.8, 4) is 5.75 Å². The number of hydrogen-bond acceptors (Lipinski definition) is 6. The lowest BCUT2D eigenvalue weighted by Crippen LogP contribution is -2.21. The second-order valence-corrected chi connectivity index (χ2v) is 5.31. The van der Waals surface area contributed by atoms with Crippen LogP contribution in [0.4, 0.5) is 4.39 Å². The van der Waals surface area contributed by atoms with Gasteiger partial charge < -0.3 is 10.5 Å². The van der Waals surface area contributed by atoms with Gasteiger partial charge in [-0.2, -0.15) is 0 Å². The lowest BCUT2D eigenvalue weighted by atomic mass is 10.2. The van der Waals surface area contributed by atoms with Gasteiger partial charge in [-0.1, -0.05) is 0 Å². The molecule has 8 heteroatoms. The molecular formula is C17H16FN5O2. The van der Waals surface area contributed by atoms with Crippen molar-refractivity contribution in [2.75, 3.05) is 13.2 Å². The molecule has 0 aliphatic carbocycles. The Morgan fingerprint density at radius 3 is 2.92 bits per heavy atom. The molecule has 0 amide bonds. The first-order chi connectivity index (χ1) is 12.2. The van der Waals surface area contributed by atoms with Gasteiger partial charge in [-0.3, -0.25) is 19.3 Å². The SMILES string of the molecule is NC/C(=C\F)COc1ccc2c(=O)n(Cc3cnccn3)cnc2c1. The summed E-state index contributed by atoms with van der Waals surface area (Å²) in [6.45, 7) is 0.409. The van der Waals surface area contributed by atoms with Crippen molar-refractivity contribution < 1.29 is 9.13 Å². The zero-order chi connectivity index (χ0) is 17.6. The molecule has 0 aliphatic rings.